The highest BCUT2D eigenvalue weighted by Crippen LogP contribution is 2.18. The van der Waals surface area contributed by atoms with Crippen molar-refractivity contribution in [3.05, 3.63) is 64.9 Å². The largest absolute Gasteiger partial charge is 0.321 e. The summed E-state index contributed by atoms with van der Waals surface area (Å²) in [5.74, 6) is -0.717. The molecule has 0 radical (unpaired) electrons. The molecule has 0 saturated heterocycles. The fraction of sp³-hybridized carbons (Fsp3) is 0.176. The van der Waals surface area contributed by atoms with Gasteiger partial charge in [-0.2, -0.15) is 0 Å². The molecule has 1 amide bonds. The van der Waals surface area contributed by atoms with Crippen molar-refractivity contribution in [3.63, 3.8) is 0 Å². The molecule has 0 aliphatic carbocycles. The van der Waals surface area contributed by atoms with Crippen molar-refractivity contribution in [2.24, 2.45) is 0 Å². The first kappa shape index (κ1) is 14.3. The number of pyridine rings is 1. The van der Waals surface area contributed by atoms with Gasteiger partial charge in [-0.05, 0) is 56.2 Å². The highest BCUT2D eigenvalue weighted by Gasteiger charge is 2.17. The Morgan fingerprint density at radius 1 is 1.14 bits per heavy atom. The van der Waals surface area contributed by atoms with Crippen molar-refractivity contribution in [2.45, 2.75) is 20.8 Å². The first-order chi connectivity index (χ1) is 10.4. The zero-order chi connectivity index (χ0) is 15.9. The molecule has 4 nitrogen and oxygen atoms in total. The molecule has 0 bridgehead atoms. The lowest BCUT2D eigenvalue weighted by Crippen LogP contribution is -2.16. The summed E-state index contributed by atoms with van der Waals surface area (Å²) in [6, 6.07) is 8.70. The van der Waals surface area contributed by atoms with Crippen LogP contribution >= 0.6 is 0 Å². The van der Waals surface area contributed by atoms with Crippen molar-refractivity contribution in [2.75, 3.05) is 5.32 Å². The molecule has 0 atom stereocenters. The van der Waals surface area contributed by atoms with Gasteiger partial charge in [0.15, 0.2) is 0 Å². The van der Waals surface area contributed by atoms with E-state index in [0.29, 0.717) is 22.7 Å². The number of anilines is 1. The highest BCUT2D eigenvalue weighted by atomic mass is 19.1. The summed E-state index contributed by atoms with van der Waals surface area (Å²) in [5, 5.41) is 2.86. The molecule has 1 N–H and O–H groups in total. The van der Waals surface area contributed by atoms with E-state index in [1.165, 1.54) is 16.7 Å². The Balaban J connectivity index is 2.01. The van der Waals surface area contributed by atoms with Crippen LogP contribution < -0.4 is 5.32 Å². The number of nitrogens with zero attached hydrogens (tertiary/aromatic N) is 2. The van der Waals surface area contributed by atoms with Crippen LogP contribution in [0.5, 0.6) is 0 Å². The van der Waals surface area contributed by atoms with Gasteiger partial charge in [-0.3, -0.25) is 9.20 Å². The van der Waals surface area contributed by atoms with Gasteiger partial charge in [0.1, 0.15) is 17.2 Å². The molecule has 2 aromatic heterocycles. The molecular weight excluding hydrogens is 281 g/mol. The number of imidazole rings is 1. The Bertz CT molecular complexity index is 863. The van der Waals surface area contributed by atoms with Crippen LogP contribution in [0, 0.1) is 26.6 Å². The van der Waals surface area contributed by atoms with Crippen molar-refractivity contribution in [3.8, 4) is 0 Å². The molecule has 22 heavy (non-hydrogen) atoms. The minimum atomic E-state index is -0.412. The minimum absolute atomic E-state index is 0.305. The molecular formula is C17H16FN3O. The number of carbonyl (C=O) groups excluding carboxylic acids is 1. The predicted molar refractivity (Wildman–Crippen MR) is 83.8 cm³/mol. The fourth-order valence-electron chi connectivity index (χ4n) is 2.65. The van der Waals surface area contributed by atoms with Crippen LogP contribution in [0.4, 0.5) is 10.1 Å². The van der Waals surface area contributed by atoms with Gasteiger partial charge >= 0.3 is 0 Å². The molecule has 0 spiro atoms. The number of aryl methyl sites for hydroxylation is 3. The lowest BCUT2D eigenvalue weighted by atomic mass is 10.1. The summed E-state index contributed by atoms with van der Waals surface area (Å²) in [6.07, 6.45) is 1.27. The van der Waals surface area contributed by atoms with Crippen molar-refractivity contribution in [1.29, 1.82) is 0 Å². The van der Waals surface area contributed by atoms with E-state index in [2.05, 4.69) is 10.3 Å². The monoisotopic (exact) mass is 297 g/mol. The SMILES string of the molecule is Cc1cc(C)cc(NC(=O)c2c(C)nc3ccc(F)cn23)c1. The van der Waals surface area contributed by atoms with Crippen LogP contribution in [0.3, 0.4) is 0 Å². The maximum Gasteiger partial charge on any atom is 0.274 e. The van der Waals surface area contributed by atoms with Crippen LogP contribution in [-0.2, 0) is 0 Å². The molecule has 2 heterocycles. The minimum Gasteiger partial charge on any atom is -0.321 e. The zero-order valence-electron chi connectivity index (χ0n) is 12.6. The summed E-state index contributed by atoms with van der Waals surface area (Å²) in [7, 11) is 0. The van der Waals surface area contributed by atoms with E-state index >= 15 is 0 Å². The number of rotatable bonds is 2. The second kappa shape index (κ2) is 5.26. The average Bonchev–Trinajstić information content (AvgIpc) is 2.72. The van der Waals surface area contributed by atoms with E-state index < -0.39 is 5.82 Å². The number of halogens is 1. The first-order valence-electron chi connectivity index (χ1n) is 6.98. The fourth-order valence-corrected chi connectivity index (χ4v) is 2.65. The van der Waals surface area contributed by atoms with E-state index in [1.807, 2.05) is 32.0 Å². The molecule has 112 valence electrons. The maximum atomic E-state index is 13.4. The first-order valence-corrected chi connectivity index (χ1v) is 6.98. The predicted octanol–water partition coefficient (Wildman–Crippen LogP) is 3.65. The number of aromatic nitrogens is 2. The third kappa shape index (κ3) is 2.57. The molecule has 5 heteroatoms. The molecule has 1 aromatic carbocycles. The Morgan fingerprint density at radius 2 is 1.82 bits per heavy atom. The second-order valence-electron chi connectivity index (χ2n) is 5.45. The van der Waals surface area contributed by atoms with Crippen LogP contribution in [0.1, 0.15) is 27.3 Å². The van der Waals surface area contributed by atoms with E-state index in [0.717, 1.165) is 11.1 Å². The van der Waals surface area contributed by atoms with Crippen molar-refractivity contribution < 1.29 is 9.18 Å². The van der Waals surface area contributed by atoms with Crippen molar-refractivity contribution in [1.82, 2.24) is 9.38 Å². The van der Waals surface area contributed by atoms with Gasteiger partial charge in [0, 0.05) is 11.9 Å². The van der Waals surface area contributed by atoms with Gasteiger partial charge < -0.3 is 5.32 Å². The van der Waals surface area contributed by atoms with E-state index in [-0.39, 0.29) is 5.91 Å². The van der Waals surface area contributed by atoms with Gasteiger partial charge in [-0.25, -0.2) is 9.37 Å². The topological polar surface area (TPSA) is 46.4 Å². The van der Waals surface area contributed by atoms with Crippen LogP contribution in [-0.4, -0.2) is 15.3 Å². The molecule has 0 aliphatic heterocycles. The maximum absolute atomic E-state index is 13.4. The number of carbonyl (C=O) groups is 1. The van der Waals surface area contributed by atoms with E-state index in [9.17, 15) is 9.18 Å². The number of hydrogen-bond acceptors (Lipinski definition) is 2. The van der Waals surface area contributed by atoms with Crippen LogP contribution in [0.25, 0.3) is 5.65 Å². The van der Waals surface area contributed by atoms with Crippen LogP contribution in [0.2, 0.25) is 0 Å². The smallest absolute Gasteiger partial charge is 0.274 e. The third-order valence-electron chi connectivity index (χ3n) is 3.45. The lowest BCUT2D eigenvalue weighted by molar-refractivity contribution is 0.102. The third-order valence-corrected chi connectivity index (χ3v) is 3.45. The summed E-state index contributed by atoms with van der Waals surface area (Å²) in [6.45, 7) is 5.68. The van der Waals surface area contributed by atoms with Gasteiger partial charge in [-0.1, -0.05) is 6.07 Å². The number of nitrogens with one attached hydrogen (secondary N) is 1. The van der Waals surface area contributed by atoms with Gasteiger partial charge in [-0.15, -0.1) is 0 Å². The van der Waals surface area contributed by atoms with Gasteiger partial charge in [0.05, 0.1) is 5.69 Å². The molecule has 0 saturated carbocycles. The average molecular weight is 297 g/mol. The summed E-state index contributed by atoms with van der Waals surface area (Å²) in [4.78, 5) is 16.8. The Labute approximate surface area is 127 Å². The van der Waals surface area contributed by atoms with Gasteiger partial charge in [0.25, 0.3) is 5.91 Å². The Hall–Kier alpha value is -2.69. The summed E-state index contributed by atoms with van der Waals surface area (Å²) < 4.78 is 14.9. The highest BCUT2D eigenvalue weighted by molar-refractivity contribution is 6.04. The molecule has 0 aliphatic rings. The van der Waals surface area contributed by atoms with E-state index in [1.54, 1.807) is 13.0 Å². The van der Waals surface area contributed by atoms with E-state index in [4.69, 9.17) is 0 Å². The molecule has 3 rings (SSSR count). The second-order valence-corrected chi connectivity index (χ2v) is 5.45. The normalized spacial score (nSPS) is 10.9. The Morgan fingerprint density at radius 3 is 2.50 bits per heavy atom. The standard InChI is InChI=1S/C17H16FN3O/c1-10-6-11(2)8-14(7-10)20-17(22)16-12(3)19-15-5-4-13(18)9-21(15)16/h4-9H,1-3H3,(H,20,22). The quantitative estimate of drug-likeness (QED) is 0.784. The number of amides is 1. The summed E-state index contributed by atoms with van der Waals surface area (Å²) >= 11 is 0. The van der Waals surface area contributed by atoms with Crippen LogP contribution in [0.15, 0.2) is 36.5 Å². The number of hydrogen-bond donors (Lipinski definition) is 1. The van der Waals surface area contributed by atoms with Crippen molar-refractivity contribution >= 4 is 17.2 Å². The molecule has 3 aromatic rings. The lowest BCUT2D eigenvalue weighted by Gasteiger charge is -2.08. The zero-order valence-corrected chi connectivity index (χ0v) is 12.6. The number of fused-ring (bicyclic) bond motifs is 1. The molecule has 0 fully saturated rings. The summed E-state index contributed by atoms with van der Waals surface area (Å²) in [5.41, 5.74) is 4.30. The number of benzene rings is 1. The Kier molecular flexibility index (Phi) is 3.41. The van der Waals surface area contributed by atoms with Gasteiger partial charge in [0.2, 0.25) is 0 Å². The molecule has 0 unspecified atom stereocenters.